The number of nitrogens with one attached hydrogen (secondary N) is 1. The summed E-state index contributed by atoms with van der Waals surface area (Å²) in [6, 6.07) is 7.34. The molecule has 0 radical (unpaired) electrons. The fourth-order valence-electron chi connectivity index (χ4n) is 1.54. The van der Waals surface area contributed by atoms with Gasteiger partial charge >= 0.3 is 0 Å². The van der Waals surface area contributed by atoms with Gasteiger partial charge in [-0.2, -0.15) is 0 Å². The van der Waals surface area contributed by atoms with Crippen LogP contribution in [0, 0.1) is 13.8 Å². The normalized spacial score (nSPS) is 9.81. The number of hydrogen-bond donors (Lipinski definition) is 3. The van der Waals surface area contributed by atoms with Crippen LogP contribution in [0.15, 0.2) is 24.3 Å². The molecule has 2 aromatic heterocycles. The fraction of sp³-hybridized carbons (Fsp3) is 0.333. The van der Waals surface area contributed by atoms with Gasteiger partial charge in [-0.15, -0.1) is 0 Å². The van der Waals surface area contributed by atoms with E-state index >= 15 is 0 Å². The van der Waals surface area contributed by atoms with Gasteiger partial charge < -0.3 is 15.5 Å². The lowest BCUT2D eigenvalue weighted by Crippen LogP contribution is -1.98. The SMILES string of the molecule is CNc1nc(CO)ccc1C.Cc1ccc(CO)nc1Cl. The van der Waals surface area contributed by atoms with E-state index in [2.05, 4.69) is 15.3 Å². The van der Waals surface area contributed by atoms with Gasteiger partial charge in [-0.05, 0) is 37.1 Å². The molecule has 0 aliphatic carbocycles. The highest BCUT2D eigenvalue weighted by molar-refractivity contribution is 6.30. The first-order valence-corrected chi connectivity index (χ1v) is 6.87. The lowest BCUT2D eigenvalue weighted by molar-refractivity contribution is 0.276. The van der Waals surface area contributed by atoms with Crippen molar-refractivity contribution in [2.75, 3.05) is 12.4 Å². The van der Waals surface area contributed by atoms with Crippen LogP contribution in [-0.2, 0) is 13.2 Å². The zero-order valence-corrected chi connectivity index (χ0v) is 13.1. The van der Waals surface area contributed by atoms with Gasteiger partial charge in [-0.25, -0.2) is 9.97 Å². The molecular formula is C15H20ClN3O2. The molecule has 6 heteroatoms. The number of aryl methyl sites for hydroxylation is 2. The van der Waals surface area contributed by atoms with Crippen molar-refractivity contribution in [3.8, 4) is 0 Å². The molecule has 2 heterocycles. The van der Waals surface area contributed by atoms with Crippen molar-refractivity contribution in [1.82, 2.24) is 9.97 Å². The van der Waals surface area contributed by atoms with Crippen molar-refractivity contribution in [2.45, 2.75) is 27.1 Å². The van der Waals surface area contributed by atoms with Crippen LogP contribution in [0.4, 0.5) is 5.82 Å². The van der Waals surface area contributed by atoms with Crippen molar-refractivity contribution in [3.05, 3.63) is 51.9 Å². The van der Waals surface area contributed by atoms with E-state index in [0.717, 1.165) is 16.9 Å². The third kappa shape index (κ3) is 5.30. The molecule has 0 bridgehead atoms. The Kier molecular flexibility index (Phi) is 7.08. The highest BCUT2D eigenvalue weighted by Crippen LogP contribution is 2.12. The molecule has 0 fully saturated rings. The number of aliphatic hydroxyl groups excluding tert-OH is 2. The average Bonchev–Trinajstić information content (AvgIpc) is 2.51. The summed E-state index contributed by atoms with van der Waals surface area (Å²) < 4.78 is 0. The predicted molar refractivity (Wildman–Crippen MR) is 84.4 cm³/mol. The molecule has 0 spiro atoms. The molecule has 2 aromatic rings. The lowest BCUT2D eigenvalue weighted by Gasteiger charge is -2.04. The Balaban J connectivity index is 0.000000211. The number of anilines is 1. The zero-order valence-electron chi connectivity index (χ0n) is 12.4. The van der Waals surface area contributed by atoms with E-state index in [0.29, 0.717) is 16.5 Å². The van der Waals surface area contributed by atoms with Crippen LogP contribution < -0.4 is 5.32 Å². The third-order valence-corrected chi connectivity index (χ3v) is 3.19. The summed E-state index contributed by atoms with van der Waals surface area (Å²) >= 11 is 5.67. The van der Waals surface area contributed by atoms with Crippen molar-refractivity contribution in [2.24, 2.45) is 0 Å². The summed E-state index contributed by atoms with van der Waals surface area (Å²) in [7, 11) is 1.82. The highest BCUT2D eigenvalue weighted by Gasteiger charge is 1.98. The third-order valence-electron chi connectivity index (χ3n) is 2.81. The van der Waals surface area contributed by atoms with Crippen LogP contribution in [0.25, 0.3) is 0 Å². The number of aliphatic hydroxyl groups is 2. The van der Waals surface area contributed by atoms with Crippen LogP contribution in [0.3, 0.4) is 0 Å². The molecule has 0 aliphatic rings. The molecule has 0 amide bonds. The topological polar surface area (TPSA) is 78.3 Å². The molecule has 0 unspecified atom stereocenters. The number of hydrogen-bond acceptors (Lipinski definition) is 5. The second-order valence-electron chi connectivity index (χ2n) is 4.44. The number of nitrogens with zero attached hydrogens (tertiary/aromatic N) is 2. The van der Waals surface area contributed by atoms with E-state index in [1.807, 2.05) is 39.1 Å². The van der Waals surface area contributed by atoms with Crippen molar-refractivity contribution < 1.29 is 10.2 Å². The second kappa shape index (κ2) is 8.56. The molecule has 5 nitrogen and oxygen atoms in total. The Hall–Kier alpha value is -1.69. The quantitative estimate of drug-likeness (QED) is 0.759. The van der Waals surface area contributed by atoms with Crippen LogP contribution in [0.1, 0.15) is 22.5 Å². The highest BCUT2D eigenvalue weighted by atomic mass is 35.5. The van der Waals surface area contributed by atoms with Crippen LogP contribution in [0.2, 0.25) is 5.15 Å². The molecule has 0 saturated carbocycles. The van der Waals surface area contributed by atoms with Crippen LogP contribution in [0.5, 0.6) is 0 Å². The maximum absolute atomic E-state index is 8.76. The monoisotopic (exact) mass is 309 g/mol. The Labute approximate surface area is 129 Å². The van der Waals surface area contributed by atoms with Gasteiger partial charge in [0.1, 0.15) is 11.0 Å². The lowest BCUT2D eigenvalue weighted by atomic mass is 10.2. The van der Waals surface area contributed by atoms with E-state index in [1.54, 1.807) is 6.07 Å². The molecule has 114 valence electrons. The Morgan fingerprint density at radius 3 is 1.95 bits per heavy atom. The number of rotatable bonds is 3. The van der Waals surface area contributed by atoms with Gasteiger partial charge in [-0.1, -0.05) is 23.7 Å². The van der Waals surface area contributed by atoms with Crippen LogP contribution >= 0.6 is 11.6 Å². The number of pyridine rings is 2. The maximum Gasteiger partial charge on any atom is 0.132 e. The standard InChI is InChI=1S/C8H12N2O.C7H8ClNO/c1-6-3-4-7(5-11)10-8(6)9-2;1-5-2-3-6(4-10)9-7(5)8/h3-4,11H,5H2,1-2H3,(H,9,10);2-3,10H,4H2,1H3. The molecule has 3 N–H and O–H groups in total. The molecule has 0 aromatic carbocycles. The minimum Gasteiger partial charge on any atom is -0.390 e. The Morgan fingerprint density at radius 1 is 0.952 bits per heavy atom. The summed E-state index contributed by atoms with van der Waals surface area (Å²) in [5.74, 6) is 0.830. The molecule has 0 saturated heterocycles. The first-order valence-electron chi connectivity index (χ1n) is 6.49. The van der Waals surface area contributed by atoms with E-state index in [4.69, 9.17) is 21.8 Å². The van der Waals surface area contributed by atoms with Crippen molar-refractivity contribution >= 4 is 17.4 Å². The van der Waals surface area contributed by atoms with E-state index in [-0.39, 0.29) is 13.2 Å². The van der Waals surface area contributed by atoms with Crippen molar-refractivity contribution in [3.63, 3.8) is 0 Å². The Morgan fingerprint density at radius 2 is 1.48 bits per heavy atom. The van der Waals surface area contributed by atoms with E-state index < -0.39 is 0 Å². The average molecular weight is 310 g/mol. The molecule has 0 atom stereocenters. The van der Waals surface area contributed by atoms with Gasteiger partial charge in [0, 0.05) is 7.05 Å². The summed E-state index contributed by atoms with van der Waals surface area (Å²) in [6.07, 6.45) is 0. The number of aromatic nitrogens is 2. The zero-order chi connectivity index (χ0) is 15.8. The molecule has 21 heavy (non-hydrogen) atoms. The van der Waals surface area contributed by atoms with Crippen LogP contribution in [-0.4, -0.2) is 27.2 Å². The largest absolute Gasteiger partial charge is 0.390 e. The van der Waals surface area contributed by atoms with Crippen molar-refractivity contribution in [1.29, 1.82) is 0 Å². The van der Waals surface area contributed by atoms with E-state index in [1.165, 1.54) is 0 Å². The minimum absolute atomic E-state index is 0.00500. The van der Waals surface area contributed by atoms with Gasteiger partial charge in [-0.3, -0.25) is 0 Å². The maximum atomic E-state index is 8.76. The van der Waals surface area contributed by atoms with Gasteiger partial charge in [0.15, 0.2) is 0 Å². The Bertz CT molecular complexity index is 591. The molecule has 0 aliphatic heterocycles. The first kappa shape index (κ1) is 17.4. The molecule has 2 rings (SSSR count). The minimum atomic E-state index is -0.0556. The smallest absolute Gasteiger partial charge is 0.132 e. The van der Waals surface area contributed by atoms with Gasteiger partial charge in [0.2, 0.25) is 0 Å². The fourth-order valence-corrected chi connectivity index (χ4v) is 1.71. The summed E-state index contributed by atoms with van der Waals surface area (Å²) in [4.78, 5) is 8.05. The summed E-state index contributed by atoms with van der Waals surface area (Å²) in [6.45, 7) is 3.78. The van der Waals surface area contributed by atoms with Gasteiger partial charge in [0.25, 0.3) is 0 Å². The summed E-state index contributed by atoms with van der Waals surface area (Å²) in [5.41, 5.74) is 3.32. The van der Waals surface area contributed by atoms with Gasteiger partial charge in [0.05, 0.1) is 24.6 Å². The number of halogens is 1. The van der Waals surface area contributed by atoms with E-state index in [9.17, 15) is 0 Å². The second-order valence-corrected chi connectivity index (χ2v) is 4.80. The predicted octanol–water partition coefficient (Wildman–Crippen LogP) is 2.46. The molecular weight excluding hydrogens is 290 g/mol. The first-order chi connectivity index (χ1) is 10.0. The summed E-state index contributed by atoms with van der Waals surface area (Å²) in [5, 5.41) is 20.8.